The molecule has 0 saturated heterocycles. The fraction of sp³-hybridized carbons (Fsp3) is 0.114. The molecule has 2 aromatic heterocycles. The van der Waals surface area contributed by atoms with Gasteiger partial charge in [0.05, 0.1) is 50.6 Å². The molecule has 0 bridgehead atoms. The van der Waals surface area contributed by atoms with Crippen molar-refractivity contribution in [2.45, 2.75) is 55.4 Å². The molecule has 0 spiro atoms. The van der Waals surface area contributed by atoms with Crippen LogP contribution in [0.1, 0.15) is 55.6 Å². The first-order chi connectivity index (χ1) is 35.8. The fourth-order valence-electron chi connectivity index (χ4n) is 11.8. The standard InChI is InChI=1S/C70H54N4/c1-41-12-20-56(45(5)28-41)51-16-24-65-61(33-51)62-34-52(57-21-13-42(2)29-46(57)6)17-25-66(62)73(65)69-38-60(50-11-9-10-49(32-50)39-71)70(37-55(69)40-72)74-67-26-18-53(58-22-14-43(3)30-47(58)7)35-63(67)64-36-54(19-27-68(64)74)59-23-15-44(4)31-48(59)8/h9-38H,1-8H3. The van der Waals surface area contributed by atoms with E-state index in [2.05, 4.69) is 240 Å². The molecule has 0 atom stereocenters. The second kappa shape index (κ2) is 17.8. The second-order valence-electron chi connectivity index (χ2n) is 20.6. The smallest absolute Gasteiger partial charge is 0.101 e. The van der Waals surface area contributed by atoms with E-state index in [0.717, 1.165) is 88.4 Å². The molecule has 0 unspecified atom stereocenters. The molecule has 0 radical (unpaired) electrons. The van der Waals surface area contributed by atoms with Gasteiger partial charge in [-0.25, -0.2) is 0 Å². The highest BCUT2D eigenvalue weighted by Crippen LogP contribution is 2.44. The first-order valence-corrected chi connectivity index (χ1v) is 25.4. The van der Waals surface area contributed by atoms with E-state index in [0.29, 0.717) is 11.1 Å². The molecular formula is C70H54N4. The molecule has 0 N–H and O–H groups in total. The molecule has 10 aromatic carbocycles. The average Bonchev–Trinajstić information content (AvgIpc) is 3.89. The van der Waals surface area contributed by atoms with Crippen molar-refractivity contribution in [2.24, 2.45) is 0 Å². The van der Waals surface area contributed by atoms with Crippen molar-refractivity contribution in [2.75, 3.05) is 0 Å². The zero-order chi connectivity index (χ0) is 51.1. The van der Waals surface area contributed by atoms with E-state index in [1.165, 1.54) is 66.8 Å². The third-order valence-electron chi connectivity index (χ3n) is 15.3. The van der Waals surface area contributed by atoms with Crippen LogP contribution in [0.3, 0.4) is 0 Å². The second-order valence-corrected chi connectivity index (χ2v) is 20.6. The zero-order valence-electron chi connectivity index (χ0n) is 43.1. The van der Waals surface area contributed by atoms with Crippen LogP contribution in [0.25, 0.3) is 111 Å². The number of aromatic nitrogens is 2. The summed E-state index contributed by atoms with van der Waals surface area (Å²) < 4.78 is 4.61. The lowest BCUT2D eigenvalue weighted by molar-refractivity contribution is 1.14. The van der Waals surface area contributed by atoms with E-state index in [9.17, 15) is 10.5 Å². The highest BCUT2D eigenvalue weighted by atomic mass is 15.0. The van der Waals surface area contributed by atoms with Crippen LogP contribution >= 0.6 is 0 Å². The van der Waals surface area contributed by atoms with E-state index < -0.39 is 0 Å². The van der Waals surface area contributed by atoms with Crippen molar-refractivity contribution in [1.29, 1.82) is 10.5 Å². The van der Waals surface area contributed by atoms with E-state index in [1.807, 2.05) is 18.2 Å². The average molecular weight is 951 g/mol. The Balaban J connectivity index is 1.16. The van der Waals surface area contributed by atoms with Crippen molar-refractivity contribution < 1.29 is 0 Å². The minimum absolute atomic E-state index is 0.532. The van der Waals surface area contributed by atoms with Gasteiger partial charge in [0.2, 0.25) is 0 Å². The Hall–Kier alpha value is -9.22. The summed E-state index contributed by atoms with van der Waals surface area (Å²) in [5, 5.41) is 26.3. The Morgan fingerprint density at radius 2 is 0.649 bits per heavy atom. The number of benzene rings is 10. The topological polar surface area (TPSA) is 57.4 Å². The van der Waals surface area contributed by atoms with Gasteiger partial charge in [0, 0.05) is 27.1 Å². The molecule has 12 rings (SSSR count). The van der Waals surface area contributed by atoms with Gasteiger partial charge in [0.1, 0.15) is 6.07 Å². The van der Waals surface area contributed by atoms with Gasteiger partial charge in [-0.3, -0.25) is 0 Å². The minimum atomic E-state index is 0.532. The van der Waals surface area contributed by atoms with Crippen molar-refractivity contribution in [3.05, 3.63) is 238 Å². The molecule has 4 heteroatoms. The number of nitriles is 2. The van der Waals surface area contributed by atoms with Gasteiger partial charge in [0.15, 0.2) is 0 Å². The highest BCUT2D eigenvalue weighted by Gasteiger charge is 2.24. The third-order valence-corrected chi connectivity index (χ3v) is 15.3. The van der Waals surface area contributed by atoms with Crippen molar-refractivity contribution in [3.8, 4) is 79.1 Å². The SMILES string of the molecule is Cc1ccc(-c2ccc3c(c2)c2cc(-c4ccc(C)cc4C)ccc2n3-c2cc(-c3cccc(C#N)c3)c(-n3c4ccc(-c5ccc(C)cc5C)cc4c4cc(-c5ccc(C)cc5C)ccc43)cc2C#N)c(C)c1. The number of aryl methyl sites for hydroxylation is 8. The van der Waals surface area contributed by atoms with Crippen LogP contribution < -0.4 is 0 Å². The Bertz CT molecular complexity index is 4210. The first-order valence-electron chi connectivity index (χ1n) is 25.4. The monoisotopic (exact) mass is 950 g/mol. The van der Waals surface area contributed by atoms with E-state index >= 15 is 0 Å². The summed E-state index contributed by atoms with van der Waals surface area (Å²) in [5.74, 6) is 0. The molecule has 0 fully saturated rings. The van der Waals surface area contributed by atoms with Gasteiger partial charge < -0.3 is 9.13 Å². The molecule has 0 aliphatic rings. The van der Waals surface area contributed by atoms with Crippen LogP contribution in [0.15, 0.2) is 182 Å². The highest BCUT2D eigenvalue weighted by molar-refractivity contribution is 6.14. The lowest BCUT2D eigenvalue weighted by Gasteiger charge is -2.19. The Kier molecular flexibility index (Phi) is 11.0. The molecular weight excluding hydrogens is 897 g/mol. The van der Waals surface area contributed by atoms with Crippen LogP contribution in [0.4, 0.5) is 0 Å². The molecule has 354 valence electrons. The predicted octanol–water partition coefficient (Wildman–Crippen LogP) is 18.4. The Labute approximate surface area is 433 Å². The molecule has 12 aromatic rings. The number of fused-ring (bicyclic) bond motifs is 6. The van der Waals surface area contributed by atoms with Crippen LogP contribution in [-0.4, -0.2) is 9.13 Å². The van der Waals surface area contributed by atoms with Gasteiger partial charge in [-0.05, 0) is 201 Å². The number of hydrogen-bond acceptors (Lipinski definition) is 2. The maximum Gasteiger partial charge on any atom is 0.101 e. The molecule has 4 nitrogen and oxygen atoms in total. The summed E-state index contributed by atoms with van der Waals surface area (Å²) in [6, 6.07) is 71.0. The Morgan fingerprint density at radius 3 is 0.986 bits per heavy atom. The van der Waals surface area contributed by atoms with Crippen molar-refractivity contribution in [3.63, 3.8) is 0 Å². The number of rotatable bonds is 7. The van der Waals surface area contributed by atoms with Crippen LogP contribution in [0.5, 0.6) is 0 Å². The summed E-state index contributed by atoms with van der Waals surface area (Å²) in [4.78, 5) is 0. The maximum atomic E-state index is 11.5. The molecule has 0 aliphatic carbocycles. The quantitative estimate of drug-likeness (QED) is 0.160. The Morgan fingerprint density at radius 1 is 0.297 bits per heavy atom. The molecule has 0 aliphatic heterocycles. The molecule has 0 amide bonds. The van der Waals surface area contributed by atoms with Crippen LogP contribution in [-0.2, 0) is 0 Å². The summed E-state index contributed by atoms with van der Waals surface area (Å²) in [7, 11) is 0. The molecule has 74 heavy (non-hydrogen) atoms. The van der Waals surface area contributed by atoms with E-state index in [1.54, 1.807) is 0 Å². The van der Waals surface area contributed by atoms with Gasteiger partial charge in [-0.15, -0.1) is 0 Å². The maximum absolute atomic E-state index is 11.5. The summed E-state index contributed by atoms with van der Waals surface area (Å²) >= 11 is 0. The van der Waals surface area contributed by atoms with Crippen molar-refractivity contribution in [1.82, 2.24) is 9.13 Å². The van der Waals surface area contributed by atoms with Gasteiger partial charge in [0.25, 0.3) is 0 Å². The zero-order valence-corrected chi connectivity index (χ0v) is 43.1. The summed E-state index contributed by atoms with van der Waals surface area (Å²) in [6.07, 6.45) is 0. The van der Waals surface area contributed by atoms with E-state index in [4.69, 9.17) is 0 Å². The number of hydrogen-bond donors (Lipinski definition) is 0. The third kappa shape index (κ3) is 7.67. The van der Waals surface area contributed by atoms with Gasteiger partial charge in [-0.2, -0.15) is 10.5 Å². The normalized spacial score (nSPS) is 11.5. The number of nitrogens with zero attached hydrogens (tertiary/aromatic N) is 4. The first kappa shape index (κ1) is 45.9. The van der Waals surface area contributed by atoms with Gasteiger partial charge >= 0.3 is 0 Å². The fourth-order valence-corrected chi connectivity index (χ4v) is 11.8. The summed E-state index contributed by atoms with van der Waals surface area (Å²) in [6.45, 7) is 17.3. The van der Waals surface area contributed by atoms with Crippen LogP contribution in [0.2, 0.25) is 0 Å². The lowest BCUT2D eigenvalue weighted by Crippen LogP contribution is -2.04. The minimum Gasteiger partial charge on any atom is -0.309 e. The molecule has 2 heterocycles. The predicted molar refractivity (Wildman–Crippen MR) is 310 cm³/mol. The van der Waals surface area contributed by atoms with Crippen molar-refractivity contribution >= 4 is 43.6 Å². The summed E-state index contributed by atoms with van der Waals surface area (Å²) in [5.41, 5.74) is 27.7. The largest absolute Gasteiger partial charge is 0.309 e. The lowest BCUT2D eigenvalue weighted by atomic mass is 9.95. The van der Waals surface area contributed by atoms with Crippen LogP contribution in [0, 0.1) is 78.1 Å². The molecule has 0 saturated carbocycles. The van der Waals surface area contributed by atoms with E-state index in [-0.39, 0.29) is 0 Å². The van der Waals surface area contributed by atoms with Gasteiger partial charge in [-0.1, -0.05) is 131 Å².